The zero-order chi connectivity index (χ0) is 22.2. The van der Waals surface area contributed by atoms with Gasteiger partial charge in [-0.25, -0.2) is 14.2 Å². The lowest BCUT2D eigenvalue weighted by molar-refractivity contribution is -0.0660. The molecule has 3 aromatic rings. The normalized spacial score (nSPS) is 17.4. The van der Waals surface area contributed by atoms with Gasteiger partial charge in [0.15, 0.2) is 11.6 Å². The summed E-state index contributed by atoms with van der Waals surface area (Å²) < 4.78 is 21.1. The monoisotopic (exact) mass is 442 g/mol. The third kappa shape index (κ3) is 3.76. The van der Waals surface area contributed by atoms with E-state index in [-0.39, 0.29) is 17.5 Å². The fourth-order valence-corrected chi connectivity index (χ4v) is 3.83. The first kappa shape index (κ1) is 20.3. The van der Waals surface area contributed by atoms with Gasteiger partial charge in [0, 0.05) is 38.9 Å². The van der Waals surface area contributed by atoms with Crippen molar-refractivity contribution in [1.82, 2.24) is 34.7 Å². The molecule has 168 valence electrons. The Balaban J connectivity index is 1.45. The number of nitrogens with zero attached hydrogens (tertiary/aromatic N) is 8. The highest BCUT2D eigenvalue weighted by Crippen LogP contribution is 2.29. The van der Waals surface area contributed by atoms with E-state index in [1.807, 2.05) is 12.1 Å². The molecule has 2 fully saturated rings. The summed E-state index contributed by atoms with van der Waals surface area (Å²) in [6, 6.07) is 6.01. The number of benzene rings is 1. The van der Waals surface area contributed by atoms with Crippen molar-refractivity contribution in [3.05, 3.63) is 40.7 Å². The van der Waals surface area contributed by atoms with Gasteiger partial charge in [-0.1, -0.05) is 0 Å². The Kier molecular flexibility index (Phi) is 5.19. The van der Waals surface area contributed by atoms with Crippen molar-refractivity contribution < 1.29 is 9.13 Å². The van der Waals surface area contributed by atoms with Gasteiger partial charge in [-0.05, 0) is 28.6 Å². The van der Waals surface area contributed by atoms with Gasteiger partial charge in [0.1, 0.15) is 0 Å². The summed E-state index contributed by atoms with van der Waals surface area (Å²) in [5.74, 6) is -0.796. The van der Waals surface area contributed by atoms with Crippen LogP contribution >= 0.6 is 0 Å². The van der Waals surface area contributed by atoms with Crippen LogP contribution in [0.1, 0.15) is 0 Å². The molecule has 3 N–H and O–H groups in total. The average molecular weight is 442 g/mol. The van der Waals surface area contributed by atoms with Gasteiger partial charge in [-0.15, -0.1) is 0 Å². The zero-order valence-corrected chi connectivity index (χ0v) is 17.5. The van der Waals surface area contributed by atoms with E-state index in [4.69, 9.17) is 10.5 Å². The molecule has 0 radical (unpaired) electrons. The van der Waals surface area contributed by atoms with Gasteiger partial charge < -0.3 is 20.7 Å². The van der Waals surface area contributed by atoms with Crippen molar-refractivity contribution in [2.45, 2.75) is 6.04 Å². The number of piperazine rings is 1. The number of hydrogen-bond donors (Lipinski definition) is 2. The van der Waals surface area contributed by atoms with Crippen LogP contribution < -0.4 is 21.6 Å². The van der Waals surface area contributed by atoms with Crippen LogP contribution in [-0.4, -0.2) is 80.1 Å². The van der Waals surface area contributed by atoms with E-state index in [1.54, 1.807) is 13.1 Å². The lowest BCUT2D eigenvalue weighted by atomic mass is 10.1. The number of anilines is 4. The summed E-state index contributed by atoms with van der Waals surface area (Å²) >= 11 is 0. The maximum atomic E-state index is 13.4. The number of aromatic nitrogens is 6. The molecule has 2 aliphatic rings. The third-order valence-corrected chi connectivity index (χ3v) is 5.74. The number of hydrogen-bond acceptors (Lipinski definition) is 10. The van der Waals surface area contributed by atoms with E-state index in [9.17, 15) is 9.18 Å². The van der Waals surface area contributed by atoms with Gasteiger partial charge in [0.05, 0.1) is 36.8 Å². The third-order valence-electron chi connectivity index (χ3n) is 5.74. The highest BCUT2D eigenvalue weighted by Gasteiger charge is 2.30. The van der Waals surface area contributed by atoms with Gasteiger partial charge in [0.25, 0.3) is 0 Å². The Bertz CT molecular complexity index is 1180. The maximum absolute atomic E-state index is 13.4. The van der Waals surface area contributed by atoms with Gasteiger partial charge in [0.2, 0.25) is 5.95 Å². The topological polar surface area (TPSA) is 132 Å². The predicted octanol–water partition coefficient (Wildman–Crippen LogP) is -0.258. The highest BCUT2D eigenvalue weighted by molar-refractivity contribution is 5.70. The van der Waals surface area contributed by atoms with Crippen molar-refractivity contribution in [3.8, 4) is 5.69 Å². The number of halogens is 1. The molecule has 0 spiro atoms. The molecule has 2 saturated heterocycles. The van der Waals surface area contributed by atoms with Crippen molar-refractivity contribution in [3.63, 3.8) is 0 Å². The number of nitrogens with one attached hydrogen (secondary N) is 1. The Morgan fingerprint density at radius 1 is 1.16 bits per heavy atom. The Hall–Kier alpha value is -3.58. The zero-order valence-electron chi connectivity index (χ0n) is 17.5. The van der Waals surface area contributed by atoms with Crippen LogP contribution in [0.3, 0.4) is 0 Å². The van der Waals surface area contributed by atoms with Crippen LogP contribution in [0.2, 0.25) is 0 Å². The largest absolute Gasteiger partial charge is 0.381 e. The minimum Gasteiger partial charge on any atom is -0.381 e. The van der Waals surface area contributed by atoms with Crippen molar-refractivity contribution in [2.75, 3.05) is 55.3 Å². The SMILES string of the molecule is Cn1nnn(-c2cc(Nc3ncc(F)c(N)n3)ccc2N2CCN(C3COC3)CC2)c1=O. The summed E-state index contributed by atoms with van der Waals surface area (Å²) in [6.45, 7) is 5.01. The van der Waals surface area contributed by atoms with E-state index >= 15 is 0 Å². The molecule has 4 heterocycles. The number of nitrogens with two attached hydrogens (primary N) is 1. The Morgan fingerprint density at radius 3 is 2.56 bits per heavy atom. The number of rotatable bonds is 5. The molecule has 0 saturated carbocycles. The molecule has 0 amide bonds. The minimum absolute atomic E-state index is 0.144. The second-order valence-electron chi connectivity index (χ2n) is 7.77. The molecular formula is C19H23FN10O2. The fourth-order valence-electron chi connectivity index (χ4n) is 3.83. The van der Waals surface area contributed by atoms with Crippen LogP contribution in [0.4, 0.5) is 27.5 Å². The smallest absolute Gasteiger partial charge is 0.368 e. The average Bonchev–Trinajstić information content (AvgIpc) is 3.08. The van der Waals surface area contributed by atoms with Crippen molar-refractivity contribution >= 4 is 23.1 Å². The quantitative estimate of drug-likeness (QED) is 0.545. The van der Waals surface area contributed by atoms with E-state index in [0.717, 1.165) is 51.3 Å². The van der Waals surface area contributed by atoms with E-state index in [2.05, 4.69) is 35.5 Å². The number of nitrogen functional groups attached to an aromatic ring is 1. The molecule has 32 heavy (non-hydrogen) atoms. The molecule has 5 rings (SSSR count). The van der Waals surface area contributed by atoms with Crippen molar-refractivity contribution in [1.29, 1.82) is 0 Å². The molecule has 0 bridgehead atoms. The number of tetrazole rings is 1. The Morgan fingerprint density at radius 2 is 1.94 bits per heavy atom. The van der Waals surface area contributed by atoms with Crippen molar-refractivity contribution in [2.24, 2.45) is 7.05 Å². The standard InChI is InChI=1S/C19H23FN10O2/c1-27-19(31)30(26-25-27)16-8-12(23-18-22-9-14(20)17(21)24-18)2-3-15(16)29-6-4-28(5-7-29)13-10-32-11-13/h2-3,8-9,13H,4-7,10-11H2,1H3,(H3,21,22,23,24). The molecule has 2 aliphatic heterocycles. The summed E-state index contributed by atoms with van der Waals surface area (Å²) in [6.07, 6.45) is 1.000. The summed E-state index contributed by atoms with van der Waals surface area (Å²) in [7, 11) is 1.54. The van der Waals surface area contributed by atoms with Gasteiger partial charge >= 0.3 is 5.69 Å². The molecule has 1 aromatic carbocycles. The van der Waals surface area contributed by atoms with E-state index in [0.29, 0.717) is 17.4 Å². The second kappa shape index (κ2) is 8.16. The first-order valence-electron chi connectivity index (χ1n) is 10.2. The van der Waals surface area contributed by atoms with E-state index in [1.165, 1.54) is 9.36 Å². The van der Waals surface area contributed by atoms with Crippen LogP contribution in [0.25, 0.3) is 5.69 Å². The number of aryl methyl sites for hydroxylation is 1. The van der Waals surface area contributed by atoms with Gasteiger partial charge in [-0.3, -0.25) is 4.90 Å². The molecular weight excluding hydrogens is 419 g/mol. The fraction of sp³-hybridized carbons (Fsp3) is 0.421. The lowest BCUT2D eigenvalue weighted by Crippen LogP contribution is -2.56. The van der Waals surface area contributed by atoms with Crippen LogP contribution in [0, 0.1) is 5.82 Å². The molecule has 0 aliphatic carbocycles. The van der Waals surface area contributed by atoms with Crippen LogP contribution in [-0.2, 0) is 11.8 Å². The molecule has 0 atom stereocenters. The predicted molar refractivity (Wildman–Crippen MR) is 115 cm³/mol. The maximum Gasteiger partial charge on any atom is 0.368 e. The van der Waals surface area contributed by atoms with Crippen LogP contribution in [0.5, 0.6) is 0 Å². The lowest BCUT2D eigenvalue weighted by Gasteiger charge is -2.43. The summed E-state index contributed by atoms with van der Waals surface area (Å²) in [4.78, 5) is 25.1. The molecule has 12 nitrogen and oxygen atoms in total. The van der Waals surface area contributed by atoms with Gasteiger partial charge in [-0.2, -0.15) is 14.3 Å². The van der Waals surface area contributed by atoms with E-state index < -0.39 is 5.82 Å². The molecule has 13 heteroatoms. The second-order valence-corrected chi connectivity index (χ2v) is 7.77. The summed E-state index contributed by atoms with van der Waals surface area (Å²) in [5.41, 5.74) is 7.20. The first-order valence-corrected chi connectivity index (χ1v) is 10.2. The Labute approximate surface area is 182 Å². The number of ether oxygens (including phenoxy) is 1. The first-order chi connectivity index (χ1) is 15.5. The van der Waals surface area contributed by atoms with Crippen LogP contribution in [0.15, 0.2) is 29.2 Å². The highest BCUT2D eigenvalue weighted by atomic mass is 19.1. The molecule has 2 aromatic heterocycles. The summed E-state index contributed by atoms with van der Waals surface area (Å²) in [5, 5.41) is 10.9. The molecule has 0 unspecified atom stereocenters. The minimum atomic E-state index is -0.690.